The van der Waals surface area contributed by atoms with Crippen molar-refractivity contribution in [2.45, 2.75) is 46.2 Å². The van der Waals surface area contributed by atoms with E-state index in [-0.39, 0.29) is 11.8 Å². The Kier molecular flexibility index (Phi) is 6.23. The van der Waals surface area contributed by atoms with Crippen LogP contribution in [-0.4, -0.2) is 29.8 Å². The highest BCUT2D eigenvalue weighted by molar-refractivity contribution is 5.90. The Hall–Kier alpha value is -1.59. The van der Waals surface area contributed by atoms with Crippen molar-refractivity contribution in [2.75, 3.05) is 0 Å². The van der Waals surface area contributed by atoms with Crippen LogP contribution in [0.15, 0.2) is 0 Å². The number of primary amides is 1. The molecule has 3 amide bonds. The van der Waals surface area contributed by atoms with Crippen molar-refractivity contribution < 1.29 is 14.4 Å². The highest BCUT2D eigenvalue weighted by Crippen LogP contribution is 2.04. The summed E-state index contributed by atoms with van der Waals surface area (Å²) in [5.41, 5.74) is 5.19. The quantitative estimate of drug-likeness (QED) is 0.587. The zero-order chi connectivity index (χ0) is 13.6. The van der Waals surface area contributed by atoms with Gasteiger partial charge in [-0.15, -0.1) is 0 Å². The van der Waals surface area contributed by atoms with E-state index in [4.69, 9.17) is 5.73 Å². The number of hydrogen-bond acceptors (Lipinski definition) is 3. The van der Waals surface area contributed by atoms with Crippen LogP contribution in [-0.2, 0) is 14.4 Å². The number of rotatable bonds is 6. The Balaban J connectivity index is 4.39. The summed E-state index contributed by atoms with van der Waals surface area (Å²) in [4.78, 5) is 33.5. The predicted molar refractivity (Wildman–Crippen MR) is 63.9 cm³/mol. The molecule has 0 aromatic heterocycles. The predicted octanol–water partition coefficient (Wildman–Crippen LogP) is -0.473. The summed E-state index contributed by atoms with van der Waals surface area (Å²) < 4.78 is 0. The molecule has 0 aliphatic carbocycles. The van der Waals surface area contributed by atoms with Gasteiger partial charge in [0.05, 0.1) is 0 Å². The molecule has 0 aromatic rings. The summed E-state index contributed by atoms with van der Waals surface area (Å²) in [5.74, 6) is -1.04. The number of nitrogens with one attached hydrogen (secondary N) is 2. The summed E-state index contributed by atoms with van der Waals surface area (Å²) >= 11 is 0. The first-order chi connectivity index (χ1) is 7.73. The van der Waals surface area contributed by atoms with Gasteiger partial charge < -0.3 is 16.4 Å². The van der Waals surface area contributed by atoms with Crippen LogP contribution in [0.2, 0.25) is 0 Å². The molecule has 98 valence electrons. The van der Waals surface area contributed by atoms with Gasteiger partial charge in [-0.2, -0.15) is 0 Å². The van der Waals surface area contributed by atoms with Gasteiger partial charge in [-0.3, -0.25) is 14.4 Å². The van der Waals surface area contributed by atoms with E-state index in [0.29, 0.717) is 6.42 Å². The van der Waals surface area contributed by atoms with Crippen molar-refractivity contribution in [1.82, 2.24) is 10.6 Å². The lowest BCUT2D eigenvalue weighted by Gasteiger charge is -2.20. The molecule has 4 N–H and O–H groups in total. The smallest absolute Gasteiger partial charge is 0.242 e. The van der Waals surface area contributed by atoms with Gasteiger partial charge in [0.2, 0.25) is 17.7 Å². The van der Waals surface area contributed by atoms with Crippen LogP contribution in [0.3, 0.4) is 0 Å². The fourth-order valence-electron chi connectivity index (χ4n) is 1.38. The summed E-state index contributed by atoms with van der Waals surface area (Å²) in [5, 5.41) is 4.96. The van der Waals surface area contributed by atoms with Gasteiger partial charge in [0.25, 0.3) is 0 Å². The summed E-state index contributed by atoms with van der Waals surface area (Å²) in [6, 6.07) is -1.37. The van der Waals surface area contributed by atoms with Crippen LogP contribution in [0.5, 0.6) is 0 Å². The fourth-order valence-corrected chi connectivity index (χ4v) is 1.38. The van der Waals surface area contributed by atoms with E-state index >= 15 is 0 Å². The molecule has 0 radical (unpaired) electrons. The molecule has 0 heterocycles. The van der Waals surface area contributed by atoms with Gasteiger partial charge in [-0.05, 0) is 19.3 Å². The SMILES string of the molecule is CC(=O)N[C@@H](C)C(=O)N[C@@H](CC(C)C)C(N)=O. The maximum absolute atomic E-state index is 11.6. The Labute approximate surface area is 101 Å². The maximum atomic E-state index is 11.6. The minimum atomic E-state index is -0.696. The molecule has 17 heavy (non-hydrogen) atoms. The van der Waals surface area contributed by atoms with E-state index < -0.39 is 23.9 Å². The second-order valence-corrected chi connectivity index (χ2v) is 4.52. The van der Waals surface area contributed by atoms with Crippen molar-refractivity contribution >= 4 is 17.7 Å². The van der Waals surface area contributed by atoms with Crippen LogP contribution >= 0.6 is 0 Å². The maximum Gasteiger partial charge on any atom is 0.242 e. The first-order valence-electron chi connectivity index (χ1n) is 5.60. The van der Waals surface area contributed by atoms with Gasteiger partial charge in [0.1, 0.15) is 12.1 Å². The molecule has 0 fully saturated rings. The topological polar surface area (TPSA) is 101 Å². The van der Waals surface area contributed by atoms with Crippen molar-refractivity contribution in [1.29, 1.82) is 0 Å². The standard InChI is InChI=1S/C11H21N3O3/c1-6(2)5-9(10(12)16)14-11(17)7(3)13-8(4)15/h6-7,9H,5H2,1-4H3,(H2,12,16)(H,13,15)(H,14,17)/t7-,9-/m0/s1. The summed E-state index contributed by atoms with van der Waals surface area (Å²) in [6.07, 6.45) is 0.480. The van der Waals surface area contributed by atoms with Crippen LogP contribution in [0.1, 0.15) is 34.1 Å². The minimum Gasteiger partial charge on any atom is -0.368 e. The van der Waals surface area contributed by atoms with Gasteiger partial charge in [-0.1, -0.05) is 13.8 Å². The van der Waals surface area contributed by atoms with Crippen LogP contribution < -0.4 is 16.4 Å². The summed E-state index contributed by atoms with van der Waals surface area (Å²) in [7, 11) is 0. The molecule has 0 aliphatic rings. The molecule has 0 saturated heterocycles. The molecule has 0 aromatic carbocycles. The number of carbonyl (C=O) groups excluding carboxylic acids is 3. The molecule has 0 spiro atoms. The number of nitrogens with two attached hydrogens (primary N) is 1. The molecule has 0 aliphatic heterocycles. The van der Waals surface area contributed by atoms with Gasteiger partial charge in [-0.25, -0.2) is 0 Å². The zero-order valence-corrected chi connectivity index (χ0v) is 10.7. The third-order valence-corrected chi connectivity index (χ3v) is 2.18. The van der Waals surface area contributed by atoms with E-state index in [2.05, 4.69) is 10.6 Å². The van der Waals surface area contributed by atoms with Crippen molar-refractivity contribution in [2.24, 2.45) is 11.7 Å². The Morgan fingerprint density at radius 1 is 1.12 bits per heavy atom. The number of amides is 3. The average Bonchev–Trinajstić information content (AvgIpc) is 2.14. The highest BCUT2D eigenvalue weighted by atomic mass is 16.2. The average molecular weight is 243 g/mol. The minimum absolute atomic E-state index is 0.240. The molecule has 6 heteroatoms. The zero-order valence-electron chi connectivity index (χ0n) is 10.7. The van der Waals surface area contributed by atoms with E-state index in [9.17, 15) is 14.4 Å². The summed E-state index contributed by atoms with van der Waals surface area (Å²) in [6.45, 7) is 6.73. The first-order valence-corrected chi connectivity index (χ1v) is 5.60. The van der Waals surface area contributed by atoms with Gasteiger partial charge >= 0.3 is 0 Å². The monoisotopic (exact) mass is 243 g/mol. The van der Waals surface area contributed by atoms with Crippen LogP contribution in [0, 0.1) is 5.92 Å². The molecular weight excluding hydrogens is 222 g/mol. The van der Waals surface area contributed by atoms with E-state index in [1.807, 2.05) is 13.8 Å². The second-order valence-electron chi connectivity index (χ2n) is 4.52. The lowest BCUT2D eigenvalue weighted by Crippen LogP contribution is -2.51. The third-order valence-electron chi connectivity index (χ3n) is 2.18. The molecule has 2 atom stereocenters. The molecule has 0 unspecified atom stereocenters. The Morgan fingerprint density at radius 3 is 2.00 bits per heavy atom. The number of hydrogen-bond donors (Lipinski definition) is 3. The highest BCUT2D eigenvalue weighted by Gasteiger charge is 2.22. The largest absolute Gasteiger partial charge is 0.368 e. The van der Waals surface area contributed by atoms with Crippen LogP contribution in [0.25, 0.3) is 0 Å². The van der Waals surface area contributed by atoms with Crippen molar-refractivity contribution in [3.63, 3.8) is 0 Å². The van der Waals surface area contributed by atoms with E-state index in [0.717, 1.165) is 0 Å². The van der Waals surface area contributed by atoms with Crippen LogP contribution in [0.4, 0.5) is 0 Å². The third kappa shape index (κ3) is 6.55. The lowest BCUT2D eigenvalue weighted by atomic mass is 10.0. The fraction of sp³-hybridized carbons (Fsp3) is 0.727. The Bertz CT molecular complexity index is 302. The van der Waals surface area contributed by atoms with E-state index in [1.54, 1.807) is 6.92 Å². The normalized spacial score (nSPS) is 13.9. The second kappa shape index (κ2) is 6.88. The van der Waals surface area contributed by atoms with Crippen molar-refractivity contribution in [3.05, 3.63) is 0 Å². The molecule has 6 nitrogen and oxygen atoms in total. The van der Waals surface area contributed by atoms with Gasteiger partial charge in [0, 0.05) is 6.92 Å². The molecule has 0 rings (SSSR count). The first kappa shape index (κ1) is 15.4. The number of carbonyl (C=O) groups is 3. The molecule has 0 saturated carbocycles. The van der Waals surface area contributed by atoms with E-state index in [1.165, 1.54) is 6.92 Å². The molecular formula is C11H21N3O3. The molecule has 0 bridgehead atoms. The van der Waals surface area contributed by atoms with Crippen molar-refractivity contribution in [3.8, 4) is 0 Å². The Morgan fingerprint density at radius 2 is 1.65 bits per heavy atom. The van der Waals surface area contributed by atoms with Gasteiger partial charge in [0.15, 0.2) is 0 Å². The lowest BCUT2D eigenvalue weighted by molar-refractivity contribution is -0.130.